The number of halogens is 2. The molecule has 0 aliphatic carbocycles. The zero-order valence-corrected chi connectivity index (χ0v) is 25.8. The summed E-state index contributed by atoms with van der Waals surface area (Å²) < 4.78 is 10.1. The first-order valence-corrected chi connectivity index (χ1v) is 15.3. The lowest BCUT2D eigenvalue weighted by atomic mass is 10.0. The smallest absolute Gasteiger partial charge is 0.335 e. The summed E-state index contributed by atoms with van der Waals surface area (Å²) in [6.07, 6.45) is 9.62. The molecule has 11 heteroatoms. The first kappa shape index (κ1) is 29.9. The van der Waals surface area contributed by atoms with E-state index in [9.17, 15) is 9.90 Å². The lowest BCUT2D eigenvalue weighted by Crippen LogP contribution is -2.31. The van der Waals surface area contributed by atoms with Crippen molar-refractivity contribution in [1.82, 2.24) is 29.0 Å². The molecule has 1 aliphatic heterocycles. The predicted molar refractivity (Wildman–Crippen MR) is 171 cm³/mol. The van der Waals surface area contributed by atoms with Crippen molar-refractivity contribution in [3.8, 4) is 5.75 Å². The van der Waals surface area contributed by atoms with Gasteiger partial charge >= 0.3 is 5.97 Å². The number of ether oxygens (including phenoxy) is 1. The summed E-state index contributed by atoms with van der Waals surface area (Å²) in [4.78, 5) is 27.8. The van der Waals surface area contributed by atoms with Gasteiger partial charge in [0.25, 0.3) is 0 Å². The molecule has 1 fully saturated rings. The monoisotopic (exact) mass is 630 g/mol. The lowest BCUT2D eigenvalue weighted by molar-refractivity contribution is 0.0697. The van der Waals surface area contributed by atoms with Gasteiger partial charge in [0.05, 0.1) is 52.4 Å². The fraction of sp³-hybridized carbons (Fsp3) is 0.273. The van der Waals surface area contributed by atoms with Gasteiger partial charge in [-0.2, -0.15) is 0 Å². The van der Waals surface area contributed by atoms with Crippen molar-refractivity contribution in [2.24, 2.45) is 0 Å². The van der Waals surface area contributed by atoms with E-state index in [2.05, 4.69) is 37.0 Å². The second kappa shape index (κ2) is 13.2. The Kier molecular flexibility index (Phi) is 8.97. The molecular weight excluding hydrogens is 599 g/mol. The quantitative estimate of drug-likeness (QED) is 0.178. The van der Waals surface area contributed by atoms with Gasteiger partial charge in [-0.25, -0.2) is 14.8 Å². The number of fused-ring (bicyclic) bond motifs is 1. The largest absolute Gasteiger partial charge is 0.486 e. The Morgan fingerprint density at radius 3 is 2.68 bits per heavy atom. The number of nitrogens with zero attached hydrogens (tertiary/aromatic N) is 6. The highest BCUT2D eigenvalue weighted by Gasteiger charge is 2.20. The van der Waals surface area contributed by atoms with Gasteiger partial charge in [0.15, 0.2) is 0 Å². The number of aromatic nitrogens is 5. The van der Waals surface area contributed by atoms with Crippen LogP contribution in [0, 0.1) is 0 Å². The number of carboxylic acid groups (broad SMARTS) is 1. The molecule has 0 atom stereocenters. The fourth-order valence-corrected chi connectivity index (χ4v) is 5.98. The number of imidazole rings is 2. The van der Waals surface area contributed by atoms with Gasteiger partial charge in [-0.3, -0.25) is 9.88 Å². The van der Waals surface area contributed by atoms with Crippen LogP contribution in [0.4, 0.5) is 0 Å². The highest BCUT2D eigenvalue weighted by Crippen LogP contribution is 2.29. The molecular formula is C33H32Cl2N6O3. The molecule has 0 bridgehead atoms. The third-order valence-electron chi connectivity index (χ3n) is 7.88. The Hall–Kier alpha value is -4.18. The van der Waals surface area contributed by atoms with Crippen LogP contribution in [0.15, 0.2) is 72.8 Å². The fourth-order valence-electron chi connectivity index (χ4n) is 5.52. The molecule has 0 saturated carbocycles. The molecule has 0 spiro atoms. The molecule has 1 aliphatic rings. The summed E-state index contributed by atoms with van der Waals surface area (Å²) in [5.41, 5.74) is 6.20. The molecule has 3 aromatic heterocycles. The minimum Gasteiger partial charge on any atom is -0.486 e. The van der Waals surface area contributed by atoms with E-state index in [0.717, 1.165) is 66.3 Å². The topological polar surface area (TPSA) is 98.3 Å². The van der Waals surface area contributed by atoms with Crippen molar-refractivity contribution in [2.75, 3.05) is 13.1 Å². The van der Waals surface area contributed by atoms with E-state index in [1.54, 1.807) is 42.6 Å². The zero-order chi connectivity index (χ0) is 30.6. The van der Waals surface area contributed by atoms with Crippen LogP contribution in [-0.4, -0.2) is 53.2 Å². The van der Waals surface area contributed by atoms with Crippen LogP contribution in [0.3, 0.4) is 0 Å². The second-order valence-electron chi connectivity index (χ2n) is 10.8. The molecule has 6 rings (SSSR count). The van der Waals surface area contributed by atoms with Gasteiger partial charge in [-0.1, -0.05) is 34.9 Å². The molecule has 4 heterocycles. The number of rotatable bonds is 10. The van der Waals surface area contributed by atoms with E-state index < -0.39 is 5.97 Å². The van der Waals surface area contributed by atoms with Crippen LogP contribution in [0.25, 0.3) is 17.1 Å². The minimum absolute atomic E-state index is 0.251. The number of likely N-dealkylation sites (tertiary alicyclic amines) is 1. The van der Waals surface area contributed by atoms with Crippen LogP contribution < -0.4 is 4.74 Å². The van der Waals surface area contributed by atoms with E-state index >= 15 is 0 Å². The third-order valence-corrected chi connectivity index (χ3v) is 8.41. The summed E-state index contributed by atoms with van der Waals surface area (Å²) in [5.74, 6) is 0.536. The predicted octanol–water partition coefficient (Wildman–Crippen LogP) is 6.96. The molecule has 9 nitrogen and oxygen atoms in total. The number of pyridine rings is 1. The second-order valence-corrected chi connectivity index (χ2v) is 11.7. The number of piperidine rings is 1. The molecule has 226 valence electrons. The zero-order valence-electron chi connectivity index (χ0n) is 24.3. The van der Waals surface area contributed by atoms with Crippen LogP contribution in [0.2, 0.25) is 10.0 Å². The highest BCUT2D eigenvalue weighted by atomic mass is 35.5. The maximum atomic E-state index is 11.7. The number of hydrogen-bond donors (Lipinski definition) is 1. The summed E-state index contributed by atoms with van der Waals surface area (Å²) >= 11 is 12.2. The molecule has 44 heavy (non-hydrogen) atoms. The number of aryl methyl sites for hydroxylation is 1. The maximum absolute atomic E-state index is 11.7. The van der Waals surface area contributed by atoms with E-state index in [1.807, 2.05) is 24.7 Å². The molecule has 0 radical (unpaired) electrons. The SMILES string of the molecule is CCn1cncc1Cn1c(CN2CCC(=Cc3ccnc(COc4ccc(Cl)cc4Cl)c3)CC2)nc2ccc(C(=O)O)cc21. The normalized spacial score (nSPS) is 13.8. The Morgan fingerprint density at radius 1 is 1.07 bits per heavy atom. The van der Waals surface area contributed by atoms with Gasteiger partial charge in [-0.05, 0) is 73.9 Å². The number of carboxylic acids is 1. The third kappa shape index (κ3) is 6.80. The van der Waals surface area contributed by atoms with Gasteiger partial charge in [0.2, 0.25) is 0 Å². The number of aromatic carboxylic acids is 1. The Bertz CT molecular complexity index is 1840. The Balaban J connectivity index is 1.14. The van der Waals surface area contributed by atoms with Crippen molar-refractivity contribution >= 4 is 46.3 Å². The molecule has 0 amide bonds. The standard InChI is InChI=1S/C33H32Cl2N6O3/c1-2-40-21-36-17-27(40)18-41-30-15-24(33(42)43)3-5-29(30)38-32(41)19-39-11-8-22(9-12-39)13-23-7-10-37-26(14-23)20-44-31-6-4-25(34)16-28(31)35/h3-7,10,13-17,21H,2,8-9,11-12,18-20H2,1H3,(H,42,43). The summed E-state index contributed by atoms with van der Waals surface area (Å²) in [6.45, 7) is 6.24. The van der Waals surface area contributed by atoms with Gasteiger partial charge in [0, 0.05) is 37.1 Å². The first-order chi connectivity index (χ1) is 21.4. The van der Waals surface area contributed by atoms with Crippen LogP contribution in [0.1, 0.15) is 52.9 Å². The first-order valence-electron chi connectivity index (χ1n) is 14.5. The number of hydrogen-bond acceptors (Lipinski definition) is 6. The van der Waals surface area contributed by atoms with Gasteiger partial charge in [-0.15, -0.1) is 0 Å². The van der Waals surface area contributed by atoms with Crippen LogP contribution >= 0.6 is 23.2 Å². The molecule has 1 N–H and O–H groups in total. The van der Waals surface area contributed by atoms with Gasteiger partial charge in [0.1, 0.15) is 18.2 Å². The number of carbonyl (C=O) groups is 1. The molecule has 1 saturated heterocycles. The average molecular weight is 632 g/mol. The van der Waals surface area contributed by atoms with E-state index in [1.165, 1.54) is 5.57 Å². The van der Waals surface area contributed by atoms with Crippen molar-refractivity contribution in [1.29, 1.82) is 0 Å². The molecule has 5 aromatic rings. The Labute approximate surface area is 265 Å². The van der Waals surface area contributed by atoms with Crippen LogP contribution in [0.5, 0.6) is 5.75 Å². The number of benzene rings is 2. The summed E-state index contributed by atoms with van der Waals surface area (Å²) in [5, 5.41) is 10.6. The molecule has 0 unspecified atom stereocenters. The van der Waals surface area contributed by atoms with Crippen molar-refractivity contribution in [3.63, 3.8) is 0 Å². The summed E-state index contributed by atoms with van der Waals surface area (Å²) in [7, 11) is 0. The molecule has 2 aromatic carbocycles. The maximum Gasteiger partial charge on any atom is 0.335 e. The average Bonchev–Trinajstić information content (AvgIpc) is 3.61. The summed E-state index contributed by atoms with van der Waals surface area (Å²) in [6, 6.07) is 14.3. The lowest BCUT2D eigenvalue weighted by Gasteiger charge is -2.28. The van der Waals surface area contributed by atoms with E-state index in [4.69, 9.17) is 32.9 Å². The van der Waals surface area contributed by atoms with E-state index in [0.29, 0.717) is 35.5 Å². The highest BCUT2D eigenvalue weighted by molar-refractivity contribution is 6.35. The Morgan fingerprint density at radius 2 is 1.91 bits per heavy atom. The van der Waals surface area contributed by atoms with E-state index in [-0.39, 0.29) is 5.56 Å². The van der Waals surface area contributed by atoms with Crippen molar-refractivity contribution in [2.45, 2.75) is 46.0 Å². The van der Waals surface area contributed by atoms with Crippen molar-refractivity contribution in [3.05, 3.63) is 111 Å². The van der Waals surface area contributed by atoms with Crippen molar-refractivity contribution < 1.29 is 14.6 Å². The van der Waals surface area contributed by atoms with Gasteiger partial charge < -0.3 is 19.0 Å². The minimum atomic E-state index is -0.949. The van der Waals surface area contributed by atoms with Crippen LogP contribution in [-0.2, 0) is 26.2 Å².